The Balaban J connectivity index is 1.68. The maximum atomic E-state index is 13.3. The molecule has 1 saturated carbocycles. The Kier molecular flexibility index (Phi) is 4.66. The molecule has 0 radical (unpaired) electrons. The second kappa shape index (κ2) is 7.10. The summed E-state index contributed by atoms with van der Waals surface area (Å²) in [6.45, 7) is 2.20. The van der Waals surface area contributed by atoms with E-state index < -0.39 is 0 Å². The Morgan fingerprint density at radius 2 is 1.88 bits per heavy atom. The maximum absolute atomic E-state index is 13.3. The predicted molar refractivity (Wildman–Crippen MR) is 105 cm³/mol. The van der Waals surface area contributed by atoms with Gasteiger partial charge in [0.25, 0.3) is 5.91 Å². The van der Waals surface area contributed by atoms with Crippen molar-refractivity contribution in [1.29, 1.82) is 0 Å². The lowest BCUT2D eigenvalue weighted by atomic mass is 9.94. The zero-order chi connectivity index (χ0) is 18.1. The summed E-state index contributed by atoms with van der Waals surface area (Å²) in [7, 11) is 1.95. The number of rotatable bonds is 3. The highest BCUT2D eigenvalue weighted by Crippen LogP contribution is 2.39. The van der Waals surface area contributed by atoms with Crippen LogP contribution in [-0.4, -0.2) is 34.9 Å². The van der Waals surface area contributed by atoms with Crippen molar-refractivity contribution in [2.75, 3.05) is 11.9 Å². The lowest BCUT2D eigenvalue weighted by Crippen LogP contribution is -2.39. The highest BCUT2D eigenvalue weighted by Gasteiger charge is 2.32. The number of benzene rings is 1. The minimum absolute atomic E-state index is 0.0941. The molecule has 1 aliphatic carbocycles. The molecule has 4 nitrogen and oxygen atoms in total. The molecule has 2 aromatic rings. The van der Waals surface area contributed by atoms with Gasteiger partial charge in [0, 0.05) is 31.0 Å². The molecule has 1 fully saturated rings. The molecule has 0 N–H and O–H groups in total. The molecule has 4 heteroatoms. The van der Waals surface area contributed by atoms with Gasteiger partial charge in [0.1, 0.15) is 5.82 Å². The smallest absolute Gasteiger partial charge is 0.257 e. The highest BCUT2D eigenvalue weighted by molar-refractivity contribution is 6.00. The molecular formula is C22H27N3O. The number of anilines is 2. The minimum Gasteiger partial charge on any atom is -0.339 e. The van der Waals surface area contributed by atoms with Crippen LogP contribution in [0.4, 0.5) is 11.5 Å². The zero-order valence-corrected chi connectivity index (χ0v) is 15.7. The van der Waals surface area contributed by atoms with Crippen LogP contribution in [0.3, 0.4) is 0 Å². The lowest BCUT2D eigenvalue weighted by Gasteiger charge is -2.33. The number of para-hydroxylation sites is 1. The van der Waals surface area contributed by atoms with Crippen LogP contribution >= 0.6 is 0 Å². The number of carbonyl (C=O) groups is 1. The van der Waals surface area contributed by atoms with Crippen molar-refractivity contribution in [3.8, 4) is 0 Å². The summed E-state index contributed by atoms with van der Waals surface area (Å²) in [5, 5.41) is 0. The van der Waals surface area contributed by atoms with Gasteiger partial charge in [-0.05, 0) is 49.9 Å². The molecule has 1 amide bonds. The topological polar surface area (TPSA) is 36.4 Å². The van der Waals surface area contributed by atoms with E-state index in [9.17, 15) is 4.79 Å². The van der Waals surface area contributed by atoms with E-state index in [-0.39, 0.29) is 5.91 Å². The fourth-order valence-electron chi connectivity index (χ4n) is 4.47. The Bertz CT molecular complexity index is 797. The summed E-state index contributed by atoms with van der Waals surface area (Å²) < 4.78 is 0. The zero-order valence-electron chi connectivity index (χ0n) is 15.7. The van der Waals surface area contributed by atoms with Gasteiger partial charge in [0.05, 0.1) is 5.56 Å². The average Bonchev–Trinajstić information content (AvgIpc) is 3.03. The van der Waals surface area contributed by atoms with Crippen molar-refractivity contribution in [3.63, 3.8) is 0 Å². The largest absolute Gasteiger partial charge is 0.339 e. The van der Waals surface area contributed by atoms with Gasteiger partial charge >= 0.3 is 0 Å². The summed E-state index contributed by atoms with van der Waals surface area (Å²) in [5.41, 5.74) is 3.21. The Morgan fingerprint density at radius 1 is 1.12 bits per heavy atom. The normalized spacial score (nSPS) is 20.1. The van der Waals surface area contributed by atoms with Gasteiger partial charge in [-0.15, -0.1) is 0 Å². The van der Waals surface area contributed by atoms with Gasteiger partial charge in [0.15, 0.2) is 0 Å². The van der Waals surface area contributed by atoms with E-state index in [4.69, 9.17) is 0 Å². The maximum Gasteiger partial charge on any atom is 0.257 e. The number of pyridine rings is 1. The summed E-state index contributed by atoms with van der Waals surface area (Å²) in [6.07, 6.45) is 8.73. The first-order valence-electron chi connectivity index (χ1n) is 9.76. The van der Waals surface area contributed by atoms with Gasteiger partial charge in [-0.1, -0.05) is 37.5 Å². The highest BCUT2D eigenvalue weighted by atomic mass is 16.2. The van der Waals surface area contributed by atoms with Crippen molar-refractivity contribution < 1.29 is 4.79 Å². The van der Waals surface area contributed by atoms with Crippen LogP contribution in [0.2, 0.25) is 0 Å². The van der Waals surface area contributed by atoms with Crippen molar-refractivity contribution in [3.05, 3.63) is 53.7 Å². The van der Waals surface area contributed by atoms with Gasteiger partial charge < -0.3 is 9.80 Å². The summed E-state index contributed by atoms with van der Waals surface area (Å²) >= 11 is 0. The molecule has 0 spiro atoms. The van der Waals surface area contributed by atoms with E-state index in [1.165, 1.54) is 30.5 Å². The number of hydrogen-bond acceptors (Lipinski definition) is 3. The van der Waals surface area contributed by atoms with Crippen LogP contribution in [0.15, 0.2) is 42.6 Å². The van der Waals surface area contributed by atoms with Crippen LogP contribution in [-0.2, 0) is 6.42 Å². The van der Waals surface area contributed by atoms with Gasteiger partial charge in [-0.2, -0.15) is 0 Å². The number of amides is 1. The molecule has 0 saturated heterocycles. The summed E-state index contributed by atoms with van der Waals surface area (Å²) in [4.78, 5) is 22.1. The SMILES string of the molecule is CC1Cc2ccccc2N1c1ncccc1C(=O)N(C)C1CCCCC1. The van der Waals surface area contributed by atoms with Crippen LogP contribution in [0.5, 0.6) is 0 Å². The van der Waals surface area contributed by atoms with Crippen LogP contribution in [0.1, 0.15) is 54.9 Å². The number of fused-ring (bicyclic) bond motifs is 1. The number of carbonyl (C=O) groups excluding carboxylic acids is 1. The van der Waals surface area contributed by atoms with Crippen LogP contribution in [0.25, 0.3) is 0 Å². The van der Waals surface area contributed by atoms with E-state index in [0.717, 1.165) is 25.1 Å². The second-order valence-corrected chi connectivity index (χ2v) is 7.63. The fraction of sp³-hybridized carbons (Fsp3) is 0.455. The lowest BCUT2D eigenvalue weighted by molar-refractivity contribution is 0.0696. The Hall–Kier alpha value is -2.36. The summed E-state index contributed by atoms with van der Waals surface area (Å²) in [6, 6.07) is 12.9. The molecule has 1 aliphatic heterocycles. The first-order valence-corrected chi connectivity index (χ1v) is 9.76. The molecule has 1 atom stereocenters. The molecule has 0 bridgehead atoms. The molecule has 4 rings (SSSR count). The third kappa shape index (κ3) is 2.98. The molecule has 2 aliphatic rings. The van der Waals surface area contributed by atoms with E-state index in [2.05, 4.69) is 41.1 Å². The molecule has 1 unspecified atom stereocenters. The summed E-state index contributed by atoms with van der Waals surface area (Å²) in [5.74, 6) is 0.884. The molecule has 26 heavy (non-hydrogen) atoms. The monoisotopic (exact) mass is 349 g/mol. The van der Waals surface area contributed by atoms with Crippen molar-refractivity contribution in [2.24, 2.45) is 0 Å². The van der Waals surface area contributed by atoms with Crippen LogP contribution in [0, 0.1) is 0 Å². The van der Waals surface area contributed by atoms with Crippen molar-refractivity contribution in [1.82, 2.24) is 9.88 Å². The van der Waals surface area contributed by atoms with Gasteiger partial charge in [0.2, 0.25) is 0 Å². The molecule has 1 aromatic carbocycles. The average molecular weight is 349 g/mol. The minimum atomic E-state index is 0.0941. The predicted octanol–water partition coefficient (Wildman–Crippen LogP) is 4.57. The fourth-order valence-corrected chi connectivity index (χ4v) is 4.47. The quantitative estimate of drug-likeness (QED) is 0.814. The van der Waals surface area contributed by atoms with Gasteiger partial charge in [-0.25, -0.2) is 4.98 Å². The van der Waals surface area contributed by atoms with Gasteiger partial charge in [-0.3, -0.25) is 4.79 Å². The molecule has 136 valence electrons. The van der Waals surface area contributed by atoms with Crippen LogP contribution < -0.4 is 4.90 Å². The third-order valence-corrected chi connectivity index (χ3v) is 5.90. The van der Waals surface area contributed by atoms with E-state index in [1.807, 2.05) is 24.1 Å². The number of nitrogens with zero attached hydrogens (tertiary/aromatic N) is 3. The van der Waals surface area contributed by atoms with E-state index in [1.54, 1.807) is 6.20 Å². The molecule has 2 heterocycles. The standard InChI is InChI=1S/C22H27N3O/c1-16-15-17-9-6-7-13-20(17)25(16)21-19(12-8-14-23-21)22(26)24(2)18-10-4-3-5-11-18/h6-9,12-14,16,18H,3-5,10-11,15H2,1-2H3. The second-order valence-electron chi connectivity index (χ2n) is 7.63. The Labute approximate surface area is 155 Å². The molecule has 1 aromatic heterocycles. The van der Waals surface area contributed by atoms with Crippen molar-refractivity contribution >= 4 is 17.4 Å². The van der Waals surface area contributed by atoms with Crippen molar-refractivity contribution in [2.45, 2.75) is 57.5 Å². The number of hydrogen-bond donors (Lipinski definition) is 0. The molecular weight excluding hydrogens is 322 g/mol. The first kappa shape index (κ1) is 17.1. The van der Waals surface area contributed by atoms with E-state index in [0.29, 0.717) is 17.6 Å². The first-order chi connectivity index (χ1) is 12.7. The number of aromatic nitrogens is 1. The van der Waals surface area contributed by atoms with E-state index >= 15 is 0 Å². The Morgan fingerprint density at radius 3 is 2.69 bits per heavy atom. The third-order valence-electron chi connectivity index (χ3n) is 5.90.